The molecule has 0 N–H and O–H groups in total. The summed E-state index contributed by atoms with van der Waals surface area (Å²) in [5.74, 6) is 1.08. The first kappa shape index (κ1) is 20.3. The van der Waals surface area contributed by atoms with Gasteiger partial charge in [-0.1, -0.05) is 30.3 Å². The molecule has 3 heterocycles. The van der Waals surface area contributed by atoms with Crippen LogP contribution in [0, 0.1) is 6.92 Å². The van der Waals surface area contributed by atoms with E-state index in [2.05, 4.69) is 44.5 Å². The smallest absolute Gasteiger partial charge is 0.265 e. The average molecular weight is 409 g/mol. The van der Waals surface area contributed by atoms with Crippen molar-refractivity contribution >= 4 is 5.91 Å². The standard InChI is InChI=1S/C22H28N6O2/c1-3-28-19(15-17(2)25-28)22-24-23-20(30-22)9-10-21(29)27-13-11-26(12-14-27)16-18-7-5-4-6-8-18/h4-8,15H,3,9-14,16H2,1-2H3. The lowest BCUT2D eigenvalue weighted by Crippen LogP contribution is -2.48. The van der Waals surface area contributed by atoms with Crippen LogP contribution in [0.15, 0.2) is 40.8 Å². The monoisotopic (exact) mass is 408 g/mol. The zero-order valence-electron chi connectivity index (χ0n) is 17.6. The zero-order chi connectivity index (χ0) is 20.9. The molecular formula is C22H28N6O2. The molecule has 0 atom stereocenters. The molecule has 0 saturated carbocycles. The molecule has 1 aliphatic rings. The number of benzene rings is 1. The average Bonchev–Trinajstić information content (AvgIpc) is 3.39. The molecule has 158 valence electrons. The summed E-state index contributed by atoms with van der Waals surface area (Å²) in [6.45, 7) is 8.93. The van der Waals surface area contributed by atoms with Gasteiger partial charge in [-0.25, -0.2) is 0 Å². The van der Waals surface area contributed by atoms with Gasteiger partial charge in [-0.15, -0.1) is 10.2 Å². The second-order valence-corrected chi connectivity index (χ2v) is 7.63. The molecule has 0 spiro atoms. The Balaban J connectivity index is 1.26. The van der Waals surface area contributed by atoms with Crippen molar-refractivity contribution in [1.82, 2.24) is 29.8 Å². The highest BCUT2D eigenvalue weighted by Gasteiger charge is 2.22. The van der Waals surface area contributed by atoms with E-state index in [-0.39, 0.29) is 5.91 Å². The number of piperazine rings is 1. The molecule has 0 bridgehead atoms. The number of hydrogen-bond acceptors (Lipinski definition) is 6. The maximum atomic E-state index is 12.6. The molecule has 4 rings (SSSR count). The predicted molar refractivity (Wildman–Crippen MR) is 113 cm³/mol. The Morgan fingerprint density at radius 1 is 1.10 bits per heavy atom. The number of rotatable bonds is 7. The fraction of sp³-hybridized carbons (Fsp3) is 0.455. The van der Waals surface area contributed by atoms with Crippen LogP contribution in [-0.4, -0.2) is 61.9 Å². The molecule has 1 amide bonds. The first-order valence-electron chi connectivity index (χ1n) is 10.5. The second-order valence-electron chi connectivity index (χ2n) is 7.63. The molecule has 30 heavy (non-hydrogen) atoms. The third-order valence-electron chi connectivity index (χ3n) is 5.41. The predicted octanol–water partition coefficient (Wildman–Crippen LogP) is 2.54. The molecule has 0 aliphatic carbocycles. The Morgan fingerprint density at radius 2 is 1.87 bits per heavy atom. The van der Waals surface area contributed by atoms with Crippen molar-refractivity contribution < 1.29 is 9.21 Å². The zero-order valence-corrected chi connectivity index (χ0v) is 17.6. The number of aromatic nitrogens is 4. The second kappa shape index (κ2) is 9.21. The van der Waals surface area contributed by atoms with Crippen molar-refractivity contribution in [2.45, 2.75) is 39.8 Å². The summed E-state index contributed by atoms with van der Waals surface area (Å²) in [5, 5.41) is 12.7. The number of hydrogen-bond donors (Lipinski definition) is 0. The van der Waals surface area contributed by atoms with Crippen LogP contribution in [0.4, 0.5) is 0 Å². The highest BCUT2D eigenvalue weighted by Crippen LogP contribution is 2.20. The molecule has 0 unspecified atom stereocenters. The van der Waals surface area contributed by atoms with E-state index in [9.17, 15) is 4.79 Å². The normalized spacial score (nSPS) is 14.9. The topological polar surface area (TPSA) is 80.3 Å². The van der Waals surface area contributed by atoms with Gasteiger partial charge in [0.05, 0.1) is 5.69 Å². The minimum Gasteiger partial charge on any atom is -0.419 e. The maximum absolute atomic E-state index is 12.6. The van der Waals surface area contributed by atoms with Gasteiger partial charge in [0.1, 0.15) is 5.69 Å². The summed E-state index contributed by atoms with van der Waals surface area (Å²) in [7, 11) is 0. The van der Waals surface area contributed by atoms with E-state index < -0.39 is 0 Å². The van der Waals surface area contributed by atoms with Gasteiger partial charge < -0.3 is 9.32 Å². The fourth-order valence-corrected chi connectivity index (χ4v) is 3.79. The van der Waals surface area contributed by atoms with Crippen molar-refractivity contribution in [3.63, 3.8) is 0 Å². The van der Waals surface area contributed by atoms with Gasteiger partial charge in [0.15, 0.2) is 0 Å². The Kier molecular flexibility index (Phi) is 6.23. The molecule has 8 nitrogen and oxygen atoms in total. The fourth-order valence-electron chi connectivity index (χ4n) is 3.79. The van der Waals surface area contributed by atoms with Crippen LogP contribution in [0.5, 0.6) is 0 Å². The van der Waals surface area contributed by atoms with Crippen LogP contribution in [0.2, 0.25) is 0 Å². The van der Waals surface area contributed by atoms with Gasteiger partial charge in [-0.05, 0) is 25.5 Å². The molecule has 1 aliphatic heterocycles. The van der Waals surface area contributed by atoms with E-state index in [1.165, 1.54) is 5.56 Å². The Bertz CT molecular complexity index is 973. The Morgan fingerprint density at radius 3 is 2.60 bits per heavy atom. The van der Waals surface area contributed by atoms with Crippen molar-refractivity contribution in [3.05, 3.63) is 53.5 Å². The van der Waals surface area contributed by atoms with E-state index in [1.54, 1.807) is 0 Å². The van der Waals surface area contributed by atoms with Crippen molar-refractivity contribution in [2.24, 2.45) is 0 Å². The number of aryl methyl sites for hydroxylation is 3. The van der Waals surface area contributed by atoms with E-state index in [1.807, 2.05) is 35.6 Å². The minimum atomic E-state index is 0.142. The van der Waals surface area contributed by atoms with Crippen molar-refractivity contribution in [1.29, 1.82) is 0 Å². The summed E-state index contributed by atoms with van der Waals surface area (Å²) in [5.41, 5.74) is 3.03. The number of amides is 1. The summed E-state index contributed by atoms with van der Waals surface area (Å²) in [4.78, 5) is 17.0. The quantitative estimate of drug-likeness (QED) is 0.598. The van der Waals surface area contributed by atoms with Crippen LogP contribution in [0.3, 0.4) is 0 Å². The van der Waals surface area contributed by atoms with E-state index in [4.69, 9.17) is 4.42 Å². The van der Waals surface area contributed by atoms with Crippen LogP contribution in [0.1, 0.15) is 30.5 Å². The molecule has 2 aromatic heterocycles. The lowest BCUT2D eigenvalue weighted by Gasteiger charge is -2.34. The van der Waals surface area contributed by atoms with Gasteiger partial charge in [0.25, 0.3) is 5.89 Å². The van der Waals surface area contributed by atoms with Gasteiger partial charge in [0, 0.05) is 52.1 Å². The molecular weight excluding hydrogens is 380 g/mol. The number of nitrogens with zero attached hydrogens (tertiary/aromatic N) is 6. The number of carbonyl (C=O) groups excluding carboxylic acids is 1. The SMILES string of the molecule is CCn1nc(C)cc1-c1nnc(CCC(=O)N2CCN(Cc3ccccc3)CC2)o1. The van der Waals surface area contributed by atoms with Crippen molar-refractivity contribution in [2.75, 3.05) is 26.2 Å². The van der Waals surface area contributed by atoms with Crippen LogP contribution < -0.4 is 0 Å². The summed E-state index contributed by atoms with van der Waals surface area (Å²) < 4.78 is 7.62. The van der Waals surface area contributed by atoms with Crippen molar-refractivity contribution in [3.8, 4) is 11.6 Å². The molecule has 3 aromatic rings. The van der Waals surface area contributed by atoms with Crippen LogP contribution >= 0.6 is 0 Å². The summed E-state index contributed by atoms with van der Waals surface area (Å²) in [6, 6.07) is 12.4. The van der Waals surface area contributed by atoms with Gasteiger partial charge in [-0.2, -0.15) is 5.10 Å². The summed E-state index contributed by atoms with van der Waals surface area (Å²) in [6.07, 6.45) is 0.835. The van der Waals surface area contributed by atoms with E-state index in [0.717, 1.165) is 50.7 Å². The minimum absolute atomic E-state index is 0.142. The first-order chi connectivity index (χ1) is 14.6. The third-order valence-corrected chi connectivity index (χ3v) is 5.41. The largest absolute Gasteiger partial charge is 0.419 e. The first-order valence-corrected chi connectivity index (χ1v) is 10.5. The van der Waals surface area contributed by atoms with E-state index in [0.29, 0.717) is 24.6 Å². The van der Waals surface area contributed by atoms with Gasteiger partial charge in [0.2, 0.25) is 11.8 Å². The Hall–Kier alpha value is -3.00. The Labute approximate surface area is 176 Å². The number of carbonyl (C=O) groups is 1. The van der Waals surface area contributed by atoms with Crippen LogP contribution in [0.25, 0.3) is 11.6 Å². The van der Waals surface area contributed by atoms with Crippen LogP contribution in [-0.2, 0) is 24.3 Å². The maximum Gasteiger partial charge on any atom is 0.265 e. The van der Waals surface area contributed by atoms with E-state index >= 15 is 0 Å². The highest BCUT2D eigenvalue weighted by molar-refractivity contribution is 5.76. The highest BCUT2D eigenvalue weighted by atomic mass is 16.4. The lowest BCUT2D eigenvalue weighted by molar-refractivity contribution is -0.133. The molecule has 1 fully saturated rings. The third kappa shape index (κ3) is 4.76. The molecule has 1 aromatic carbocycles. The molecule has 0 radical (unpaired) electrons. The molecule has 1 saturated heterocycles. The lowest BCUT2D eigenvalue weighted by atomic mass is 10.2. The summed E-state index contributed by atoms with van der Waals surface area (Å²) >= 11 is 0. The van der Waals surface area contributed by atoms with Gasteiger partial charge in [-0.3, -0.25) is 14.4 Å². The van der Waals surface area contributed by atoms with Gasteiger partial charge >= 0.3 is 0 Å². The molecule has 8 heteroatoms.